The Hall–Kier alpha value is -2.82. The highest BCUT2D eigenvalue weighted by Gasteiger charge is 2.22. The summed E-state index contributed by atoms with van der Waals surface area (Å²) in [4.78, 5) is 27.9. The number of para-hydroxylation sites is 1. The smallest absolute Gasteiger partial charge is 0.238 e. The molecule has 0 bridgehead atoms. The summed E-state index contributed by atoms with van der Waals surface area (Å²) >= 11 is 6.92. The summed E-state index contributed by atoms with van der Waals surface area (Å²) in [5, 5.41) is 15.1. The highest BCUT2D eigenvalue weighted by molar-refractivity contribution is 7.71. The molecule has 0 saturated carbocycles. The van der Waals surface area contributed by atoms with Crippen molar-refractivity contribution in [2.24, 2.45) is 0 Å². The SMILES string of the molecule is O=C(CN1CCC(NC(=O)CCn2c(-c3cccs3)n[nH]c2=S)CC1)Nc1ccccc1. The average Bonchev–Trinajstić information content (AvgIpc) is 3.44. The first-order valence-corrected chi connectivity index (χ1v) is 11.9. The molecular weight excluding hydrogens is 444 g/mol. The number of thiophene rings is 1. The number of hydrogen-bond donors (Lipinski definition) is 3. The van der Waals surface area contributed by atoms with E-state index in [4.69, 9.17) is 12.2 Å². The van der Waals surface area contributed by atoms with Crippen molar-refractivity contribution in [2.75, 3.05) is 25.0 Å². The number of rotatable bonds is 8. The Kier molecular flexibility index (Phi) is 7.46. The van der Waals surface area contributed by atoms with Crippen LogP contribution in [0.5, 0.6) is 0 Å². The lowest BCUT2D eigenvalue weighted by Crippen LogP contribution is -2.46. The maximum Gasteiger partial charge on any atom is 0.238 e. The van der Waals surface area contributed by atoms with Gasteiger partial charge in [-0.1, -0.05) is 24.3 Å². The largest absolute Gasteiger partial charge is 0.353 e. The van der Waals surface area contributed by atoms with E-state index < -0.39 is 0 Å². The minimum absolute atomic E-state index is 0.00509. The number of piperidine rings is 1. The second-order valence-corrected chi connectivity index (χ2v) is 9.10. The van der Waals surface area contributed by atoms with Gasteiger partial charge in [0.05, 0.1) is 11.4 Å². The topological polar surface area (TPSA) is 95.1 Å². The van der Waals surface area contributed by atoms with Gasteiger partial charge in [0, 0.05) is 37.8 Å². The maximum absolute atomic E-state index is 12.5. The lowest BCUT2D eigenvalue weighted by molar-refractivity contribution is -0.123. The Bertz CT molecular complexity index is 1090. The second-order valence-electron chi connectivity index (χ2n) is 7.76. The molecule has 3 aromatic rings. The molecule has 0 spiro atoms. The van der Waals surface area contributed by atoms with Gasteiger partial charge in [-0.25, -0.2) is 0 Å². The molecule has 10 heteroatoms. The van der Waals surface area contributed by atoms with Crippen LogP contribution >= 0.6 is 23.6 Å². The summed E-state index contributed by atoms with van der Waals surface area (Å²) in [6.07, 6.45) is 2.00. The van der Waals surface area contributed by atoms with Crippen molar-refractivity contribution in [2.45, 2.75) is 31.8 Å². The first kappa shape index (κ1) is 22.4. The standard InChI is InChI=1S/C22H26N6O2S2/c29-19(10-13-28-21(25-26-22(28)31)18-7-4-14-32-18)23-17-8-11-27(12-9-17)15-20(30)24-16-5-2-1-3-6-16/h1-7,14,17H,8-13,15H2,(H,23,29)(H,24,30)(H,26,31). The molecule has 1 aliphatic heterocycles. The van der Waals surface area contributed by atoms with Crippen LogP contribution in [0, 0.1) is 4.77 Å². The van der Waals surface area contributed by atoms with Gasteiger partial charge in [0.15, 0.2) is 10.6 Å². The van der Waals surface area contributed by atoms with E-state index in [1.54, 1.807) is 11.3 Å². The summed E-state index contributed by atoms with van der Waals surface area (Å²) < 4.78 is 2.39. The number of nitrogens with zero attached hydrogens (tertiary/aromatic N) is 3. The van der Waals surface area contributed by atoms with Crippen molar-refractivity contribution in [1.29, 1.82) is 0 Å². The molecule has 0 aliphatic carbocycles. The number of benzene rings is 1. The Morgan fingerprint density at radius 2 is 1.91 bits per heavy atom. The minimum atomic E-state index is -0.0166. The Labute approximate surface area is 195 Å². The molecule has 1 saturated heterocycles. The number of aromatic nitrogens is 3. The van der Waals surface area contributed by atoms with Gasteiger partial charge in [-0.3, -0.25) is 24.2 Å². The van der Waals surface area contributed by atoms with Crippen LogP contribution in [0.15, 0.2) is 47.8 Å². The monoisotopic (exact) mass is 470 g/mol. The average molecular weight is 471 g/mol. The van der Waals surface area contributed by atoms with Gasteiger partial charge in [-0.2, -0.15) is 5.10 Å². The van der Waals surface area contributed by atoms with Crippen molar-refractivity contribution in [3.8, 4) is 10.7 Å². The van der Waals surface area contributed by atoms with Crippen LogP contribution in [-0.4, -0.2) is 57.2 Å². The Morgan fingerprint density at radius 3 is 2.62 bits per heavy atom. The fourth-order valence-corrected chi connectivity index (χ4v) is 4.74. The molecule has 1 aliphatic rings. The van der Waals surface area contributed by atoms with Gasteiger partial charge >= 0.3 is 0 Å². The number of likely N-dealkylation sites (tertiary alicyclic amines) is 1. The highest BCUT2D eigenvalue weighted by atomic mass is 32.1. The van der Waals surface area contributed by atoms with Crippen LogP contribution in [0.4, 0.5) is 5.69 Å². The van der Waals surface area contributed by atoms with E-state index in [2.05, 4.69) is 25.7 Å². The van der Waals surface area contributed by atoms with E-state index in [-0.39, 0.29) is 17.9 Å². The summed E-state index contributed by atoms with van der Waals surface area (Å²) in [6, 6.07) is 13.5. The zero-order chi connectivity index (χ0) is 22.3. The summed E-state index contributed by atoms with van der Waals surface area (Å²) in [6.45, 7) is 2.40. The van der Waals surface area contributed by atoms with Gasteiger partial charge in [0.1, 0.15) is 0 Å². The van der Waals surface area contributed by atoms with Crippen molar-refractivity contribution in [1.82, 2.24) is 25.0 Å². The number of H-pyrrole nitrogens is 1. The fraction of sp³-hybridized carbons (Fsp3) is 0.364. The van der Waals surface area contributed by atoms with Crippen LogP contribution < -0.4 is 10.6 Å². The first-order chi connectivity index (χ1) is 15.6. The number of carbonyl (C=O) groups is 2. The highest BCUT2D eigenvalue weighted by Crippen LogP contribution is 2.23. The molecule has 2 aromatic heterocycles. The van der Waals surface area contributed by atoms with Crippen LogP contribution in [-0.2, 0) is 16.1 Å². The molecule has 32 heavy (non-hydrogen) atoms. The summed E-state index contributed by atoms with van der Waals surface area (Å²) in [7, 11) is 0. The van der Waals surface area contributed by atoms with Crippen LogP contribution in [0.3, 0.4) is 0 Å². The number of anilines is 1. The van der Waals surface area contributed by atoms with Crippen molar-refractivity contribution >= 4 is 41.1 Å². The third-order valence-corrected chi connectivity index (χ3v) is 6.62. The molecule has 168 valence electrons. The molecule has 0 unspecified atom stereocenters. The quantitative estimate of drug-likeness (QED) is 0.439. The molecular formula is C22H26N6O2S2. The predicted molar refractivity (Wildman–Crippen MR) is 128 cm³/mol. The summed E-state index contributed by atoms with van der Waals surface area (Å²) in [5.74, 6) is 0.752. The van der Waals surface area contributed by atoms with E-state index in [0.717, 1.165) is 42.3 Å². The third-order valence-electron chi connectivity index (χ3n) is 5.44. The maximum atomic E-state index is 12.5. The lowest BCUT2D eigenvalue weighted by atomic mass is 10.0. The molecule has 0 radical (unpaired) electrons. The summed E-state index contributed by atoms with van der Waals surface area (Å²) in [5.41, 5.74) is 0.805. The molecule has 3 N–H and O–H groups in total. The van der Waals surface area contributed by atoms with Crippen molar-refractivity contribution in [3.05, 3.63) is 52.6 Å². The fourth-order valence-electron chi connectivity index (χ4n) is 3.79. The number of carbonyl (C=O) groups excluding carboxylic acids is 2. The van der Waals surface area contributed by atoms with Gasteiger partial charge in [0.25, 0.3) is 0 Å². The molecule has 4 rings (SSSR count). The zero-order valence-corrected chi connectivity index (χ0v) is 19.3. The zero-order valence-electron chi connectivity index (χ0n) is 17.6. The first-order valence-electron chi connectivity index (χ1n) is 10.6. The van der Waals surface area contributed by atoms with E-state index >= 15 is 0 Å². The van der Waals surface area contributed by atoms with E-state index in [1.165, 1.54) is 0 Å². The van der Waals surface area contributed by atoms with E-state index in [0.29, 0.717) is 24.3 Å². The number of hydrogen-bond acceptors (Lipinski definition) is 6. The van der Waals surface area contributed by atoms with Crippen LogP contribution in [0.2, 0.25) is 0 Å². The molecule has 8 nitrogen and oxygen atoms in total. The Morgan fingerprint density at radius 1 is 1.12 bits per heavy atom. The molecule has 1 aromatic carbocycles. The van der Waals surface area contributed by atoms with Crippen LogP contribution in [0.25, 0.3) is 10.7 Å². The van der Waals surface area contributed by atoms with Crippen molar-refractivity contribution in [3.63, 3.8) is 0 Å². The van der Waals surface area contributed by atoms with Gasteiger partial charge in [-0.05, 0) is 48.6 Å². The van der Waals surface area contributed by atoms with E-state index in [1.807, 2.05) is 52.4 Å². The minimum Gasteiger partial charge on any atom is -0.353 e. The molecule has 0 atom stereocenters. The molecule has 3 heterocycles. The second kappa shape index (κ2) is 10.7. The molecule has 2 amide bonds. The molecule has 1 fully saturated rings. The van der Waals surface area contributed by atoms with Gasteiger partial charge in [-0.15, -0.1) is 11.3 Å². The van der Waals surface area contributed by atoms with Crippen LogP contribution in [0.1, 0.15) is 19.3 Å². The van der Waals surface area contributed by atoms with Crippen molar-refractivity contribution < 1.29 is 9.59 Å². The predicted octanol–water partition coefficient (Wildman–Crippen LogP) is 3.28. The normalized spacial score (nSPS) is 14.9. The van der Waals surface area contributed by atoms with Gasteiger partial charge < -0.3 is 10.6 Å². The van der Waals surface area contributed by atoms with Gasteiger partial charge in [0.2, 0.25) is 11.8 Å². The number of amides is 2. The lowest BCUT2D eigenvalue weighted by Gasteiger charge is -2.31. The third kappa shape index (κ3) is 5.90. The van der Waals surface area contributed by atoms with E-state index in [9.17, 15) is 9.59 Å². The number of nitrogens with one attached hydrogen (secondary N) is 3. The number of aromatic amines is 1. The Balaban J connectivity index is 1.20.